The highest BCUT2D eigenvalue weighted by atomic mass is 14.9. The lowest BCUT2D eigenvalue weighted by Crippen LogP contribution is -1.99. The fraction of sp³-hybridized carbons (Fsp3) is 0. The van der Waals surface area contributed by atoms with Gasteiger partial charge in [-0.15, -0.1) is 0 Å². The molecule has 0 amide bonds. The summed E-state index contributed by atoms with van der Waals surface area (Å²) >= 11 is 0. The van der Waals surface area contributed by atoms with Gasteiger partial charge in [-0.2, -0.15) is 0 Å². The molecule has 5 heteroatoms. The number of hydrogen-bond acceptors (Lipinski definition) is 5. The van der Waals surface area contributed by atoms with Crippen LogP contribution in [0.15, 0.2) is 128 Å². The molecule has 4 aromatic heterocycles. The third kappa shape index (κ3) is 3.60. The van der Waals surface area contributed by atoms with Crippen molar-refractivity contribution in [1.29, 1.82) is 0 Å². The molecule has 0 N–H and O–H groups in total. The molecule has 8 rings (SSSR count). The quantitative estimate of drug-likeness (QED) is 0.223. The van der Waals surface area contributed by atoms with Crippen molar-refractivity contribution >= 4 is 43.5 Å². The zero-order valence-electron chi connectivity index (χ0n) is 21.4. The molecule has 0 atom stereocenters. The lowest BCUT2D eigenvalue weighted by molar-refractivity contribution is 1.17. The van der Waals surface area contributed by atoms with Crippen molar-refractivity contribution in [2.75, 3.05) is 0 Å². The van der Waals surface area contributed by atoms with E-state index in [1.165, 1.54) is 0 Å². The van der Waals surface area contributed by atoms with Gasteiger partial charge in [0, 0.05) is 50.5 Å². The van der Waals surface area contributed by atoms with Gasteiger partial charge in [0.1, 0.15) is 0 Å². The predicted octanol–water partition coefficient (Wildman–Crippen LogP) is 8.28. The molecule has 0 saturated carbocycles. The van der Waals surface area contributed by atoms with E-state index in [0.29, 0.717) is 5.82 Å². The third-order valence-corrected chi connectivity index (χ3v) is 7.34. The van der Waals surface area contributed by atoms with Gasteiger partial charge >= 0.3 is 0 Å². The molecule has 0 bridgehead atoms. The van der Waals surface area contributed by atoms with Gasteiger partial charge in [-0.1, -0.05) is 97.1 Å². The van der Waals surface area contributed by atoms with E-state index < -0.39 is 0 Å². The van der Waals surface area contributed by atoms with Gasteiger partial charge in [-0.25, -0.2) is 15.0 Å². The van der Waals surface area contributed by atoms with Crippen LogP contribution in [0.5, 0.6) is 0 Å². The molecular formula is C35H21N5. The Kier molecular flexibility index (Phi) is 5.07. The topological polar surface area (TPSA) is 64.5 Å². The number of rotatable bonds is 3. The zero-order valence-corrected chi connectivity index (χ0v) is 21.4. The van der Waals surface area contributed by atoms with E-state index in [1.807, 2.05) is 91.3 Å². The molecule has 0 aliphatic carbocycles. The van der Waals surface area contributed by atoms with Crippen molar-refractivity contribution in [3.63, 3.8) is 0 Å². The smallest absolute Gasteiger partial charge is 0.160 e. The molecule has 186 valence electrons. The average molecular weight is 512 g/mol. The van der Waals surface area contributed by atoms with Crippen LogP contribution in [-0.4, -0.2) is 24.9 Å². The van der Waals surface area contributed by atoms with Crippen LogP contribution < -0.4 is 0 Å². The molecule has 0 unspecified atom stereocenters. The first-order chi connectivity index (χ1) is 19.8. The average Bonchev–Trinajstić information content (AvgIpc) is 3.04. The van der Waals surface area contributed by atoms with E-state index in [4.69, 9.17) is 19.9 Å². The molecule has 0 fully saturated rings. The van der Waals surface area contributed by atoms with Gasteiger partial charge in [0.05, 0.1) is 33.6 Å². The molecule has 0 aliphatic rings. The minimum Gasteiger partial charge on any atom is -0.254 e. The summed E-state index contributed by atoms with van der Waals surface area (Å²) in [6.07, 6.45) is 3.77. The van der Waals surface area contributed by atoms with Crippen LogP contribution in [0.2, 0.25) is 0 Å². The summed E-state index contributed by atoms with van der Waals surface area (Å²) in [5, 5.41) is 5.14. The highest BCUT2D eigenvalue weighted by Gasteiger charge is 2.19. The summed E-state index contributed by atoms with van der Waals surface area (Å²) in [7, 11) is 0. The molecule has 0 saturated heterocycles. The van der Waals surface area contributed by atoms with E-state index in [9.17, 15) is 0 Å². The molecule has 5 nitrogen and oxygen atoms in total. The number of nitrogens with zero attached hydrogens (tertiary/aromatic N) is 5. The maximum absolute atomic E-state index is 5.23. The van der Waals surface area contributed by atoms with Gasteiger partial charge in [-0.3, -0.25) is 9.97 Å². The number of benzene rings is 4. The Morgan fingerprint density at radius 3 is 2.08 bits per heavy atom. The lowest BCUT2D eigenvalue weighted by atomic mass is 9.98. The number of pyridine rings is 3. The third-order valence-electron chi connectivity index (χ3n) is 7.34. The van der Waals surface area contributed by atoms with E-state index >= 15 is 0 Å². The molecule has 0 spiro atoms. The van der Waals surface area contributed by atoms with E-state index in [-0.39, 0.29) is 0 Å². The van der Waals surface area contributed by atoms with Crippen LogP contribution >= 0.6 is 0 Å². The summed E-state index contributed by atoms with van der Waals surface area (Å²) in [5.74, 6) is 0.658. The van der Waals surface area contributed by atoms with Crippen molar-refractivity contribution in [2.24, 2.45) is 0 Å². The maximum Gasteiger partial charge on any atom is 0.160 e. The Bertz CT molecular complexity index is 2150. The van der Waals surface area contributed by atoms with Gasteiger partial charge < -0.3 is 0 Å². The number of hydrogen-bond donors (Lipinski definition) is 0. The van der Waals surface area contributed by atoms with Crippen LogP contribution in [0.25, 0.3) is 77.5 Å². The molecule has 0 radical (unpaired) electrons. The van der Waals surface area contributed by atoms with Crippen molar-refractivity contribution in [3.8, 4) is 34.0 Å². The summed E-state index contributed by atoms with van der Waals surface area (Å²) in [5.41, 5.74) is 7.00. The van der Waals surface area contributed by atoms with Gasteiger partial charge in [0.2, 0.25) is 0 Å². The first kappa shape index (κ1) is 22.4. The van der Waals surface area contributed by atoms with E-state index in [1.54, 1.807) is 0 Å². The van der Waals surface area contributed by atoms with Crippen molar-refractivity contribution in [3.05, 3.63) is 128 Å². The highest BCUT2D eigenvalue weighted by Crippen LogP contribution is 2.38. The van der Waals surface area contributed by atoms with Crippen LogP contribution in [0, 0.1) is 0 Å². The molecule has 40 heavy (non-hydrogen) atoms. The summed E-state index contributed by atoms with van der Waals surface area (Å²) < 4.78 is 0. The van der Waals surface area contributed by atoms with E-state index in [0.717, 1.165) is 71.7 Å². The van der Waals surface area contributed by atoms with Gasteiger partial charge in [0.15, 0.2) is 5.82 Å². The normalized spacial score (nSPS) is 11.5. The Labute approximate surface area is 229 Å². The number of para-hydroxylation sites is 1. The minimum absolute atomic E-state index is 0.658. The Hall–Kier alpha value is -5.55. The second-order valence-corrected chi connectivity index (χ2v) is 9.76. The summed E-state index contributed by atoms with van der Waals surface area (Å²) in [6.45, 7) is 0. The van der Waals surface area contributed by atoms with E-state index in [2.05, 4.69) is 41.4 Å². The number of aromatic nitrogens is 5. The van der Waals surface area contributed by atoms with Gasteiger partial charge in [0.25, 0.3) is 0 Å². The second kappa shape index (κ2) is 9.03. The predicted molar refractivity (Wildman–Crippen MR) is 162 cm³/mol. The van der Waals surface area contributed by atoms with Crippen LogP contribution in [-0.2, 0) is 0 Å². The first-order valence-electron chi connectivity index (χ1n) is 13.2. The molecule has 8 aromatic rings. The standard InChI is InChI=1S/C35H21N5/c1-3-10-22(11-4-1)29-20-30(40-35(39-29)24-12-5-2-6-13-24)34-31-26-18-17-23-14-9-19-36-32(23)33(26)37-21-27(31)25-15-7-8-16-28(25)38-34/h1-21H. The molecular weight excluding hydrogens is 490 g/mol. The zero-order chi connectivity index (χ0) is 26.5. The monoisotopic (exact) mass is 511 g/mol. The summed E-state index contributed by atoms with van der Waals surface area (Å²) in [6, 6.07) is 38.8. The SMILES string of the molecule is c1ccc(-c2cc(-c3nc4ccccc4c4cnc5c(ccc6cccnc65)c34)nc(-c3ccccc3)n2)cc1. The van der Waals surface area contributed by atoms with Crippen LogP contribution in [0.1, 0.15) is 0 Å². The second-order valence-electron chi connectivity index (χ2n) is 9.76. The number of fused-ring (bicyclic) bond motifs is 7. The van der Waals surface area contributed by atoms with Crippen LogP contribution in [0.3, 0.4) is 0 Å². The minimum atomic E-state index is 0.658. The molecule has 4 aromatic carbocycles. The fourth-order valence-corrected chi connectivity index (χ4v) is 5.46. The first-order valence-corrected chi connectivity index (χ1v) is 13.2. The molecule has 4 heterocycles. The van der Waals surface area contributed by atoms with Crippen molar-refractivity contribution in [2.45, 2.75) is 0 Å². The van der Waals surface area contributed by atoms with Gasteiger partial charge in [-0.05, 0) is 18.2 Å². The largest absolute Gasteiger partial charge is 0.254 e. The Balaban J connectivity index is 1.52. The summed E-state index contributed by atoms with van der Waals surface area (Å²) in [4.78, 5) is 24.9. The maximum atomic E-state index is 5.23. The van der Waals surface area contributed by atoms with Crippen LogP contribution in [0.4, 0.5) is 0 Å². The Morgan fingerprint density at radius 2 is 1.23 bits per heavy atom. The Morgan fingerprint density at radius 1 is 0.475 bits per heavy atom. The lowest BCUT2D eigenvalue weighted by Gasteiger charge is -2.14. The molecule has 0 aliphatic heterocycles. The highest BCUT2D eigenvalue weighted by molar-refractivity contribution is 6.23. The van der Waals surface area contributed by atoms with Crippen molar-refractivity contribution < 1.29 is 0 Å². The fourth-order valence-electron chi connectivity index (χ4n) is 5.46. The van der Waals surface area contributed by atoms with Crippen molar-refractivity contribution in [1.82, 2.24) is 24.9 Å².